The van der Waals surface area contributed by atoms with Gasteiger partial charge in [-0.3, -0.25) is 4.79 Å². The first-order chi connectivity index (χ1) is 11.1. The highest BCUT2D eigenvalue weighted by molar-refractivity contribution is 7.97. The fraction of sp³-hybridized carbons (Fsp3) is 0.529. The SMILES string of the molecule is CSCc1nc2ccccc2n1CC(=O)N1CC(C)OCC1C. The summed E-state index contributed by atoms with van der Waals surface area (Å²) in [6.45, 7) is 5.66. The maximum atomic E-state index is 12.8. The fourth-order valence-corrected chi connectivity index (χ4v) is 3.50. The molecule has 0 spiro atoms. The third-order valence-electron chi connectivity index (χ3n) is 4.23. The molecule has 6 heteroatoms. The summed E-state index contributed by atoms with van der Waals surface area (Å²) >= 11 is 1.72. The van der Waals surface area contributed by atoms with E-state index in [1.54, 1.807) is 11.8 Å². The predicted molar refractivity (Wildman–Crippen MR) is 93.5 cm³/mol. The Labute approximate surface area is 141 Å². The van der Waals surface area contributed by atoms with E-state index in [9.17, 15) is 4.79 Å². The van der Waals surface area contributed by atoms with Gasteiger partial charge < -0.3 is 14.2 Å². The van der Waals surface area contributed by atoms with E-state index in [0.29, 0.717) is 19.7 Å². The molecule has 1 aromatic carbocycles. The average molecular weight is 333 g/mol. The van der Waals surface area contributed by atoms with Gasteiger partial charge in [-0.25, -0.2) is 4.98 Å². The third-order valence-corrected chi connectivity index (χ3v) is 4.78. The van der Waals surface area contributed by atoms with E-state index in [1.165, 1.54) is 0 Å². The van der Waals surface area contributed by atoms with Crippen molar-refractivity contribution >= 4 is 28.7 Å². The molecule has 2 atom stereocenters. The molecule has 1 fully saturated rings. The molecule has 0 bridgehead atoms. The third kappa shape index (κ3) is 3.38. The maximum absolute atomic E-state index is 12.8. The summed E-state index contributed by atoms with van der Waals surface area (Å²) in [5.41, 5.74) is 1.98. The highest BCUT2D eigenvalue weighted by Crippen LogP contribution is 2.20. The van der Waals surface area contributed by atoms with Crippen molar-refractivity contribution in [2.75, 3.05) is 19.4 Å². The average Bonchev–Trinajstić information content (AvgIpc) is 2.88. The van der Waals surface area contributed by atoms with Crippen molar-refractivity contribution in [2.24, 2.45) is 0 Å². The molecular formula is C17H23N3O2S. The van der Waals surface area contributed by atoms with E-state index in [4.69, 9.17) is 4.74 Å². The van der Waals surface area contributed by atoms with Crippen molar-refractivity contribution < 1.29 is 9.53 Å². The highest BCUT2D eigenvalue weighted by atomic mass is 32.2. The van der Waals surface area contributed by atoms with Crippen LogP contribution >= 0.6 is 11.8 Å². The highest BCUT2D eigenvalue weighted by Gasteiger charge is 2.28. The van der Waals surface area contributed by atoms with E-state index in [0.717, 1.165) is 22.6 Å². The van der Waals surface area contributed by atoms with Crippen molar-refractivity contribution in [3.63, 3.8) is 0 Å². The molecule has 0 N–H and O–H groups in total. The van der Waals surface area contributed by atoms with Gasteiger partial charge in [0.25, 0.3) is 0 Å². The van der Waals surface area contributed by atoms with E-state index in [-0.39, 0.29) is 18.1 Å². The number of nitrogens with zero attached hydrogens (tertiary/aromatic N) is 3. The number of fused-ring (bicyclic) bond motifs is 1. The number of imidazole rings is 1. The molecule has 23 heavy (non-hydrogen) atoms. The Balaban J connectivity index is 1.87. The Bertz CT molecular complexity index is 700. The first-order valence-electron chi connectivity index (χ1n) is 7.94. The van der Waals surface area contributed by atoms with E-state index in [1.807, 2.05) is 43.0 Å². The van der Waals surface area contributed by atoms with Crippen molar-refractivity contribution in [1.29, 1.82) is 0 Å². The molecule has 1 aliphatic heterocycles. The van der Waals surface area contributed by atoms with Gasteiger partial charge in [0.15, 0.2) is 0 Å². The first kappa shape index (κ1) is 16.3. The molecule has 1 aliphatic rings. The largest absolute Gasteiger partial charge is 0.375 e. The molecule has 5 nitrogen and oxygen atoms in total. The zero-order chi connectivity index (χ0) is 16.4. The molecule has 0 radical (unpaired) electrons. The molecule has 0 aliphatic carbocycles. The number of amides is 1. The van der Waals surface area contributed by atoms with Gasteiger partial charge in [-0.15, -0.1) is 0 Å². The van der Waals surface area contributed by atoms with Gasteiger partial charge in [0.2, 0.25) is 5.91 Å². The summed E-state index contributed by atoms with van der Waals surface area (Å²) in [5.74, 6) is 1.90. The van der Waals surface area contributed by atoms with Crippen molar-refractivity contribution in [3.05, 3.63) is 30.1 Å². The quantitative estimate of drug-likeness (QED) is 0.863. The molecule has 3 rings (SSSR count). The lowest BCUT2D eigenvalue weighted by atomic mass is 10.2. The number of rotatable bonds is 4. The van der Waals surface area contributed by atoms with Crippen molar-refractivity contribution in [3.8, 4) is 0 Å². The number of morpholine rings is 1. The summed E-state index contributed by atoms with van der Waals surface area (Å²) in [6.07, 6.45) is 2.15. The monoisotopic (exact) mass is 333 g/mol. The number of hydrogen-bond donors (Lipinski definition) is 0. The minimum Gasteiger partial charge on any atom is -0.375 e. The van der Waals surface area contributed by atoms with E-state index >= 15 is 0 Å². The van der Waals surface area contributed by atoms with E-state index < -0.39 is 0 Å². The van der Waals surface area contributed by atoms with E-state index in [2.05, 4.69) is 15.8 Å². The van der Waals surface area contributed by atoms with Crippen LogP contribution in [0.15, 0.2) is 24.3 Å². The van der Waals surface area contributed by atoms with Gasteiger partial charge in [0.05, 0.1) is 35.5 Å². The number of carbonyl (C=O) groups excluding carboxylic acids is 1. The number of para-hydroxylation sites is 2. The van der Waals surface area contributed by atoms with Gasteiger partial charge in [0.1, 0.15) is 12.4 Å². The predicted octanol–water partition coefficient (Wildman–Crippen LogP) is 2.54. The van der Waals surface area contributed by atoms with Crippen molar-refractivity contribution in [1.82, 2.24) is 14.5 Å². The van der Waals surface area contributed by atoms with Crippen LogP contribution in [0.2, 0.25) is 0 Å². The second-order valence-electron chi connectivity index (χ2n) is 6.07. The Kier molecular flexibility index (Phi) is 4.92. The second-order valence-corrected chi connectivity index (χ2v) is 6.94. The molecular weight excluding hydrogens is 310 g/mol. The standard InChI is InChI=1S/C17H23N3O2S/c1-12-10-22-13(2)8-19(12)17(21)9-20-15-7-5-4-6-14(15)18-16(20)11-23-3/h4-7,12-13H,8-11H2,1-3H3. The number of hydrogen-bond acceptors (Lipinski definition) is 4. The van der Waals surface area contributed by atoms with Crippen LogP contribution in [0.3, 0.4) is 0 Å². The fourth-order valence-electron chi connectivity index (χ4n) is 3.02. The van der Waals surface area contributed by atoms with Crippen LogP contribution in [-0.4, -0.2) is 51.9 Å². The van der Waals surface area contributed by atoms with Gasteiger partial charge in [0, 0.05) is 6.54 Å². The molecule has 2 aromatic rings. The Morgan fingerprint density at radius 2 is 2.17 bits per heavy atom. The van der Waals surface area contributed by atoms with Gasteiger partial charge >= 0.3 is 0 Å². The molecule has 1 aromatic heterocycles. The summed E-state index contributed by atoms with van der Waals surface area (Å²) in [7, 11) is 0. The van der Waals surface area contributed by atoms with Crippen LogP contribution in [0, 0.1) is 0 Å². The molecule has 0 saturated carbocycles. The Morgan fingerprint density at radius 1 is 1.39 bits per heavy atom. The number of benzene rings is 1. The summed E-state index contributed by atoms with van der Waals surface area (Å²) in [6, 6.07) is 8.13. The zero-order valence-corrected chi connectivity index (χ0v) is 14.7. The van der Waals surface area contributed by atoms with Crippen LogP contribution in [0.5, 0.6) is 0 Å². The maximum Gasteiger partial charge on any atom is 0.242 e. The van der Waals surface area contributed by atoms with Crippen LogP contribution < -0.4 is 0 Å². The first-order valence-corrected chi connectivity index (χ1v) is 9.33. The van der Waals surface area contributed by atoms with Gasteiger partial charge in [-0.1, -0.05) is 12.1 Å². The second kappa shape index (κ2) is 6.93. The van der Waals surface area contributed by atoms with Crippen molar-refractivity contribution in [2.45, 2.75) is 38.3 Å². The number of thioether (sulfide) groups is 1. The summed E-state index contributed by atoms with van der Waals surface area (Å²) < 4.78 is 7.68. The lowest BCUT2D eigenvalue weighted by molar-refractivity contribution is -0.143. The van der Waals surface area contributed by atoms with Gasteiger partial charge in [-0.2, -0.15) is 11.8 Å². The lowest BCUT2D eigenvalue weighted by Crippen LogP contribution is -2.51. The summed E-state index contributed by atoms with van der Waals surface area (Å²) in [5, 5.41) is 0. The molecule has 2 heterocycles. The minimum atomic E-state index is 0.0975. The Morgan fingerprint density at radius 3 is 2.96 bits per heavy atom. The molecule has 1 amide bonds. The normalized spacial score (nSPS) is 21.8. The summed E-state index contributed by atoms with van der Waals surface area (Å²) in [4.78, 5) is 19.5. The lowest BCUT2D eigenvalue weighted by Gasteiger charge is -2.37. The number of carbonyl (C=O) groups is 1. The number of aromatic nitrogens is 2. The van der Waals surface area contributed by atoms with Gasteiger partial charge in [-0.05, 0) is 32.2 Å². The molecule has 2 unspecified atom stereocenters. The molecule has 124 valence electrons. The Hall–Kier alpha value is -1.53. The topological polar surface area (TPSA) is 47.4 Å². The molecule has 1 saturated heterocycles. The van der Waals surface area contributed by atoms with Crippen LogP contribution in [0.1, 0.15) is 19.7 Å². The zero-order valence-electron chi connectivity index (χ0n) is 13.9. The number of ether oxygens (including phenoxy) is 1. The minimum absolute atomic E-state index is 0.0975. The smallest absolute Gasteiger partial charge is 0.242 e. The van der Waals surface area contributed by atoms with Crippen LogP contribution in [-0.2, 0) is 21.8 Å². The van der Waals surface area contributed by atoms with Crippen LogP contribution in [0.25, 0.3) is 11.0 Å². The van der Waals surface area contributed by atoms with Crippen LogP contribution in [0.4, 0.5) is 0 Å².